The third-order valence-corrected chi connectivity index (χ3v) is 5.83. The Bertz CT molecular complexity index is 1140. The van der Waals surface area contributed by atoms with Crippen molar-refractivity contribution in [1.29, 1.82) is 0 Å². The van der Waals surface area contributed by atoms with Crippen molar-refractivity contribution < 1.29 is 19.2 Å². The Kier molecular flexibility index (Phi) is 8.14. The van der Waals surface area contributed by atoms with Gasteiger partial charge in [-0.3, -0.25) is 14.9 Å². The van der Waals surface area contributed by atoms with E-state index in [4.69, 9.17) is 4.74 Å². The molecule has 1 heterocycles. The number of carbonyl (C=O) groups excluding carboxylic acids is 2. The lowest BCUT2D eigenvalue weighted by Gasteiger charge is -2.14. The summed E-state index contributed by atoms with van der Waals surface area (Å²) in [4.78, 5) is 35.7. The molecule has 10 nitrogen and oxygen atoms in total. The molecular formula is C22H23N5O5S. The van der Waals surface area contributed by atoms with Gasteiger partial charge in [0.1, 0.15) is 6.33 Å². The van der Waals surface area contributed by atoms with Gasteiger partial charge in [0, 0.05) is 19.2 Å². The molecule has 33 heavy (non-hydrogen) atoms. The number of benzene rings is 2. The second-order valence-electron chi connectivity index (χ2n) is 7.34. The number of esters is 1. The van der Waals surface area contributed by atoms with Crippen LogP contribution >= 0.6 is 11.8 Å². The van der Waals surface area contributed by atoms with E-state index >= 15 is 0 Å². The maximum Gasteiger partial charge on any atom is 0.338 e. The first kappa shape index (κ1) is 23.9. The Hall–Kier alpha value is -3.73. The van der Waals surface area contributed by atoms with Crippen molar-refractivity contribution in [3.05, 3.63) is 76.1 Å². The van der Waals surface area contributed by atoms with Crippen molar-refractivity contribution in [2.24, 2.45) is 7.05 Å². The van der Waals surface area contributed by atoms with Gasteiger partial charge in [-0.05, 0) is 49.2 Å². The quantitative estimate of drug-likeness (QED) is 0.272. The van der Waals surface area contributed by atoms with Crippen LogP contribution in [-0.2, 0) is 23.0 Å². The lowest BCUT2D eigenvalue weighted by molar-refractivity contribution is -0.387. The maximum absolute atomic E-state index is 12.3. The normalized spacial score (nSPS) is 11.6. The molecule has 1 atom stereocenters. The molecular weight excluding hydrogens is 446 g/mol. The zero-order valence-corrected chi connectivity index (χ0v) is 18.9. The number of nitrogens with one attached hydrogen (secondary N) is 1. The summed E-state index contributed by atoms with van der Waals surface area (Å²) in [7, 11) is 1.72. The first-order chi connectivity index (χ1) is 15.8. The minimum atomic E-state index is -0.819. The van der Waals surface area contributed by atoms with Gasteiger partial charge in [-0.2, -0.15) is 0 Å². The van der Waals surface area contributed by atoms with Gasteiger partial charge in [-0.15, -0.1) is 10.2 Å². The smallest absolute Gasteiger partial charge is 0.338 e. The molecule has 0 fully saturated rings. The van der Waals surface area contributed by atoms with E-state index in [-0.39, 0.29) is 17.3 Å². The van der Waals surface area contributed by atoms with E-state index in [1.165, 1.54) is 24.0 Å². The predicted molar refractivity (Wildman–Crippen MR) is 121 cm³/mol. The molecule has 1 unspecified atom stereocenters. The van der Waals surface area contributed by atoms with Crippen molar-refractivity contribution >= 4 is 29.3 Å². The molecule has 0 saturated carbocycles. The molecule has 0 saturated heterocycles. The fraction of sp³-hybridized carbons (Fsp3) is 0.273. The fourth-order valence-electron chi connectivity index (χ4n) is 2.97. The van der Waals surface area contributed by atoms with Crippen molar-refractivity contribution in [2.45, 2.75) is 35.9 Å². The van der Waals surface area contributed by atoms with Crippen molar-refractivity contribution in [1.82, 2.24) is 20.1 Å². The second kappa shape index (κ2) is 11.2. The van der Waals surface area contributed by atoms with Crippen LogP contribution in [0.3, 0.4) is 0 Å². The van der Waals surface area contributed by atoms with E-state index < -0.39 is 23.4 Å². The van der Waals surface area contributed by atoms with Gasteiger partial charge in [0.05, 0.1) is 15.4 Å². The summed E-state index contributed by atoms with van der Waals surface area (Å²) >= 11 is 1.06. The Morgan fingerprint density at radius 2 is 2.00 bits per heavy atom. The van der Waals surface area contributed by atoms with E-state index in [0.29, 0.717) is 10.1 Å². The summed E-state index contributed by atoms with van der Waals surface area (Å²) < 4.78 is 6.67. The largest absolute Gasteiger partial charge is 0.452 e. The number of hydrogen-bond acceptors (Lipinski definition) is 8. The van der Waals surface area contributed by atoms with Crippen LogP contribution in [0.25, 0.3) is 0 Å². The molecule has 3 aromatic rings. The number of nitro groups is 1. The average molecular weight is 470 g/mol. The highest BCUT2D eigenvalue weighted by Gasteiger charge is 2.21. The Balaban J connectivity index is 1.53. The molecule has 3 rings (SSSR count). The third kappa shape index (κ3) is 6.88. The highest BCUT2D eigenvalue weighted by atomic mass is 32.2. The SMILES string of the molecule is CC(CCc1ccccc1)NC(=O)COC(=O)c1ccc(Sc2nncn2C)c([N+](=O)[O-])c1. The first-order valence-electron chi connectivity index (χ1n) is 10.1. The van der Waals surface area contributed by atoms with Crippen molar-refractivity contribution in [3.63, 3.8) is 0 Å². The Labute approximate surface area is 194 Å². The standard InChI is InChI=1S/C22H23N5O5S/c1-15(8-9-16-6-4-3-5-7-16)24-20(28)13-32-21(29)17-10-11-19(18(12-17)27(30)31)33-22-25-23-14-26(22)2/h3-7,10-12,14-15H,8-9,13H2,1-2H3,(H,24,28). The van der Waals surface area contributed by atoms with Gasteiger partial charge in [-0.1, -0.05) is 30.3 Å². The fourth-order valence-corrected chi connectivity index (χ4v) is 3.82. The molecule has 172 valence electrons. The average Bonchev–Trinajstić information content (AvgIpc) is 3.21. The zero-order valence-electron chi connectivity index (χ0n) is 18.1. The lowest BCUT2D eigenvalue weighted by Crippen LogP contribution is -2.36. The van der Waals surface area contributed by atoms with Gasteiger partial charge >= 0.3 is 5.97 Å². The van der Waals surface area contributed by atoms with Gasteiger partial charge < -0.3 is 14.6 Å². The number of carbonyl (C=O) groups is 2. The second-order valence-corrected chi connectivity index (χ2v) is 8.34. The number of nitro benzene ring substituents is 1. The molecule has 0 bridgehead atoms. The van der Waals surface area contributed by atoms with Gasteiger partial charge in [0.25, 0.3) is 11.6 Å². The molecule has 1 amide bonds. The number of amides is 1. The van der Waals surface area contributed by atoms with E-state index in [0.717, 1.165) is 30.7 Å². The monoisotopic (exact) mass is 469 g/mol. The Morgan fingerprint density at radius 1 is 1.24 bits per heavy atom. The summed E-state index contributed by atoms with van der Waals surface area (Å²) in [6.45, 7) is 1.40. The number of aromatic nitrogens is 3. The number of ether oxygens (including phenoxy) is 1. The molecule has 0 aliphatic carbocycles. The van der Waals surface area contributed by atoms with Crippen LogP contribution in [0, 0.1) is 10.1 Å². The molecule has 1 aromatic heterocycles. The Morgan fingerprint density at radius 3 is 2.67 bits per heavy atom. The summed E-state index contributed by atoms with van der Waals surface area (Å²) in [5.41, 5.74) is 0.887. The topological polar surface area (TPSA) is 129 Å². The molecule has 2 aromatic carbocycles. The van der Waals surface area contributed by atoms with Crippen LogP contribution in [0.15, 0.2) is 64.9 Å². The van der Waals surface area contributed by atoms with Crippen LogP contribution in [-0.4, -0.2) is 44.2 Å². The van der Waals surface area contributed by atoms with E-state index in [9.17, 15) is 19.7 Å². The van der Waals surface area contributed by atoms with E-state index in [1.54, 1.807) is 11.6 Å². The van der Waals surface area contributed by atoms with Crippen molar-refractivity contribution in [2.75, 3.05) is 6.61 Å². The molecule has 0 aliphatic heterocycles. The van der Waals surface area contributed by atoms with Crippen molar-refractivity contribution in [3.8, 4) is 0 Å². The number of hydrogen-bond donors (Lipinski definition) is 1. The lowest BCUT2D eigenvalue weighted by atomic mass is 10.1. The molecule has 0 radical (unpaired) electrons. The van der Waals surface area contributed by atoms with Crippen LogP contribution in [0.4, 0.5) is 5.69 Å². The minimum Gasteiger partial charge on any atom is -0.452 e. The van der Waals surface area contributed by atoms with Gasteiger partial charge in [0.15, 0.2) is 11.8 Å². The number of rotatable bonds is 10. The van der Waals surface area contributed by atoms with E-state index in [1.807, 2.05) is 37.3 Å². The van der Waals surface area contributed by atoms with Crippen LogP contribution in [0.1, 0.15) is 29.3 Å². The zero-order chi connectivity index (χ0) is 23.8. The van der Waals surface area contributed by atoms with Gasteiger partial charge in [-0.25, -0.2) is 4.79 Å². The summed E-state index contributed by atoms with van der Waals surface area (Å²) in [5, 5.41) is 22.4. The third-order valence-electron chi connectivity index (χ3n) is 4.71. The summed E-state index contributed by atoms with van der Waals surface area (Å²) in [6, 6.07) is 13.8. The highest BCUT2D eigenvalue weighted by molar-refractivity contribution is 7.99. The molecule has 0 aliphatic rings. The summed E-state index contributed by atoms with van der Waals surface area (Å²) in [6.07, 6.45) is 3.03. The molecule has 0 spiro atoms. The van der Waals surface area contributed by atoms with Crippen LogP contribution < -0.4 is 5.32 Å². The molecule has 11 heteroatoms. The number of aryl methyl sites for hydroxylation is 2. The summed E-state index contributed by atoms with van der Waals surface area (Å²) in [5.74, 6) is -1.26. The van der Waals surface area contributed by atoms with Crippen LogP contribution in [0.2, 0.25) is 0 Å². The first-order valence-corrected chi connectivity index (χ1v) is 11.0. The van der Waals surface area contributed by atoms with E-state index in [2.05, 4.69) is 15.5 Å². The minimum absolute atomic E-state index is 0.0195. The molecule has 1 N–H and O–H groups in total. The highest BCUT2D eigenvalue weighted by Crippen LogP contribution is 2.34. The maximum atomic E-state index is 12.3. The number of nitrogens with zero attached hydrogens (tertiary/aromatic N) is 4. The predicted octanol–water partition coefficient (Wildman–Crippen LogP) is 3.17. The van der Waals surface area contributed by atoms with Gasteiger partial charge in [0.2, 0.25) is 0 Å². The van der Waals surface area contributed by atoms with Crippen LogP contribution in [0.5, 0.6) is 0 Å².